The van der Waals surface area contributed by atoms with E-state index in [1.807, 2.05) is 30.3 Å². The van der Waals surface area contributed by atoms with Crippen molar-refractivity contribution < 1.29 is 9.47 Å². The first-order valence-electron chi connectivity index (χ1n) is 10.7. The zero-order valence-electron chi connectivity index (χ0n) is 18.9. The molecule has 9 nitrogen and oxygen atoms in total. The van der Waals surface area contributed by atoms with Gasteiger partial charge in [0.05, 0.1) is 6.61 Å². The monoisotopic (exact) mass is 555 g/mol. The van der Waals surface area contributed by atoms with Gasteiger partial charge in [0.25, 0.3) is 0 Å². The summed E-state index contributed by atoms with van der Waals surface area (Å²) in [6.07, 6.45) is 4.45. The normalized spacial score (nSPS) is 14.6. The van der Waals surface area contributed by atoms with Crippen molar-refractivity contribution in [3.05, 3.63) is 42.7 Å². The van der Waals surface area contributed by atoms with E-state index in [0.29, 0.717) is 13.2 Å². The van der Waals surface area contributed by atoms with E-state index in [2.05, 4.69) is 35.4 Å². The number of halogens is 1. The summed E-state index contributed by atoms with van der Waals surface area (Å²) in [4.78, 5) is 17.7. The van der Waals surface area contributed by atoms with E-state index in [1.165, 1.54) is 0 Å². The van der Waals surface area contributed by atoms with E-state index < -0.39 is 0 Å². The van der Waals surface area contributed by atoms with Crippen LogP contribution in [0.15, 0.2) is 47.7 Å². The molecule has 0 aliphatic carbocycles. The molecule has 0 radical (unpaired) electrons. The molecule has 1 saturated heterocycles. The summed E-state index contributed by atoms with van der Waals surface area (Å²) in [5, 5.41) is 6.72. The summed E-state index contributed by atoms with van der Waals surface area (Å²) >= 11 is 0. The Morgan fingerprint density at radius 1 is 1.09 bits per heavy atom. The first-order chi connectivity index (χ1) is 15.3. The lowest BCUT2D eigenvalue weighted by atomic mass is 10.3. The summed E-state index contributed by atoms with van der Waals surface area (Å²) < 4.78 is 10.8. The first kappa shape index (κ1) is 26.1. The largest absolute Gasteiger partial charge is 0.493 e. The third kappa shape index (κ3) is 8.75. The van der Waals surface area contributed by atoms with Crippen molar-refractivity contribution in [2.45, 2.75) is 6.42 Å². The standard InChI is InChI=1S/C22H33N7O2.HI/c1-23-21(27-19-6-3-7-20(18-19)31-17-5-16-30-2)24-10-11-28-12-14-29(15-13-28)22-25-8-4-9-26-22;/h3-4,6-9,18H,5,10-17H2,1-2H3,(H2,23,24,27);1H. The number of nitrogens with one attached hydrogen (secondary N) is 2. The number of guanidine groups is 1. The minimum absolute atomic E-state index is 0. The molecule has 1 aliphatic heterocycles. The molecule has 2 N–H and O–H groups in total. The van der Waals surface area contributed by atoms with Crippen LogP contribution in [0.3, 0.4) is 0 Å². The van der Waals surface area contributed by atoms with Crippen LogP contribution in [0, 0.1) is 0 Å². The summed E-state index contributed by atoms with van der Waals surface area (Å²) in [6, 6.07) is 9.74. The van der Waals surface area contributed by atoms with Crippen molar-refractivity contribution in [3.63, 3.8) is 0 Å². The molecule has 10 heteroatoms. The molecule has 1 aliphatic rings. The number of anilines is 2. The van der Waals surface area contributed by atoms with Crippen LogP contribution in [0.5, 0.6) is 5.75 Å². The Hall–Kier alpha value is -2.18. The number of aliphatic imine (C=N–C) groups is 1. The summed E-state index contributed by atoms with van der Waals surface area (Å²) in [6.45, 7) is 6.96. The van der Waals surface area contributed by atoms with Crippen LogP contribution < -0.4 is 20.3 Å². The Kier molecular flexibility index (Phi) is 12.1. The molecular weight excluding hydrogens is 521 g/mol. The predicted molar refractivity (Wildman–Crippen MR) is 140 cm³/mol. The Balaban J connectivity index is 0.00000363. The van der Waals surface area contributed by atoms with Crippen molar-refractivity contribution in [2.24, 2.45) is 4.99 Å². The van der Waals surface area contributed by atoms with Crippen LogP contribution in [0.1, 0.15) is 6.42 Å². The van der Waals surface area contributed by atoms with E-state index in [4.69, 9.17) is 9.47 Å². The van der Waals surface area contributed by atoms with Gasteiger partial charge in [0.15, 0.2) is 5.96 Å². The van der Waals surface area contributed by atoms with Crippen LogP contribution in [-0.2, 0) is 4.74 Å². The second-order valence-corrected chi connectivity index (χ2v) is 7.22. The number of nitrogens with zero attached hydrogens (tertiary/aromatic N) is 5. The van der Waals surface area contributed by atoms with Crippen molar-refractivity contribution in [1.82, 2.24) is 20.2 Å². The molecule has 1 aromatic heterocycles. The maximum absolute atomic E-state index is 5.77. The van der Waals surface area contributed by atoms with E-state index in [9.17, 15) is 0 Å². The predicted octanol–water partition coefficient (Wildman–Crippen LogP) is 2.32. The maximum Gasteiger partial charge on any atom is 0.225 e. The van der Waals surface area contributed by atoms with Crippen LogP contribution in [0.2, 0.25) is 0 Å². The summed E-state index contributed by atoms with van der Waals surface area (Å²) in [7, 11) is 3.47. The molecule has 0 unspecified atom stereocenters. The van der Waals surface area contributed by atoms with Gasteiger partial charge in [-0.1, -0.05) is 6.07 Å². The maximum atomic E-state index is 5.77. The van der Waals surface area contributed by atoms with Crippen LogP contribution in [0.4, 0.5) is 11.6 Å². The van der Waals surface area contributed by atoms with Gasteiger partial charge in [-0.3, -0.25) is 9.89 Å². The highest BCUT2D eigenvalue weighted by Gasteiger charge is 2.18. The minimum Gasteiger partial charge on any atom is -0.493 e. The Labute approximate surface area is 207 Å². The van der Waals surface area contributed by atoms with Crippen molar-refractivity contribution in [3.8, 4) is 5.75 Å². The number of piperazine rings is 1. The lowest BCUT2D eigenvalue weighted by Crippen LogP contribution is -2.49. The van der Waals surface area contributed by atoms with E-state index >= 15 is 0 Å². The van der Waals surface area contributed by atoms with Crippen LogP contribution in [0.25, 0.3) is 0 Å². The molecule has 0 bridgehead atoms. The quantitative estimate of drug-likeness (QED) is 0.200. The highest BCUT2D eigenvalue weighted by molar-refractivity contribution is 14.0. The third-order valence-corrected chi connectivity index (χ3v) is 5.01. The highest BCUT2D eigenvalue weighted by atomic mass is 127. The lowest BCUT2D eigenvalue weighted by molar-refractivity contribution is 0.172. The summed E-state index contributed by atoms with van der Waals surface area (Å²) in [5.74, 6) is 2.39. The zero-order chi connectivity index (χ0) is 21.7. The number of methoxy groups -OCH3 is 1. The molecule has 2 aromatic rings. The average molecular weight is 555 g/mol. The smallest absolute Gasteiger partial charge is 0.225 e. The van der Waals surface area contributed by atoms with E-state index in [0.717, 1.165) is 69.0 Å². The van der Waals surface area contributed by atoms with Crippen LogP contribution >= 0.6 is 24.0 Å². The second-order valence-electron chi connectivity index (χ2n) is 7.22. The zero-order valence-corrected chi connectivity index (χ0v) is 21.2. The SMILES string of the molecule is CN=C(NCCN1CCN(c2ncccn2)CC1)Nc1cccc(OCCCOC)c1.I. The molecule has 32 heavy (non-hydrogen) atoms. The highest BCUT2D eigenvalue weighted by Crippen LogP contribution is 2.17. The van der Waals surface area contributed by atoms with Crippen LogP contribution in [-0.4, -0.2) is 87.5 Å². The fraction of sp³-hybridized carbons (Fsp3) is 0.500. The van der Waals surface area contributed by atoms with Gasteiger partial charge in [-0.25, -0.2) is 9.97 Å². The number of ether oxygens (including phenoxy) is 2. The molecule has 2 heterocycles. The van der Waals surface area contributed by atoms with E-state index in [1.54, 1.807) is 26.6 Å². The van der Waals surface area contributed by atoms with Gasteiger partial charge < -0.3 is 25.0 Å². The number of rotatable bonds is 10. The molecule has 1 aromatic carbocycles. The molecule has 0 saturated carbocycles. The lowest BCUT2D eigenvalue weighted by Gasteiger charge is -2.34. The first-order valence-corrected chi connectivity index (χ1v) is 10.7. The van der Waals surface area contributed by atoms with Gasteiger partial charge in [0, 0.05) is 90.6 Å². The average Bonchev–Trinajstić information content (AvgIpc) is 2.82. The van der Waals surface area contributed by atoms with E-state index in [-0.39, 0.29) is 24.0 Å². The molecule has 0 atom stereocenters. The Morgan fingerprint density at radius 3 is 2.59 bits per heavy atom. The molecule has 0 amide bonds. The third-order valence-electron chi connectivity index (χ3n) is 5.01. The molecule has 1 fully saturated rings. The molecule has 3 rings (SSSR count). The molecule has 0 spiro atoms. The van der Waals surface area contributed by atoms with Gasteiger partial charge in [-0.05, 0) is 18.2 Å². The van der Waals surface area contributed by atoms with Gasteiger partial charge in [0.2, 0.25) is 5.95 Å². The van der Waals surface area contributed by atoms with Gasteiger partial charge >= 0.3 is 0 Å². The van der Waals surface area contributed by atoms with Crippen molar-refractivity contribution in [1.29, 1.82) is 0 Å². The summed E-state index contributed by atoms with van der Waals surface area (Å²) in [5.41, 5.74) is 0.939. The van der Waals surface area contributed by atoms with Gasteiger partial charge in [0.1, 0.15) is 5.75 Å². The second kappa shape index (κ2) is 14.8. The minimum atomic E-state index is 0. The van der Waals surface area contributed by atoms with Gasteiger partial charge in [-0.2, -0.15) is 0 Å². The topological polar surface area (TPSA) is 87.1 Å². The van der Waals surface area contributed by atoms with Gasteiger partial charge in [-0.15, -0.1) is 24.0 Å². The molecule has 176 valence electrons. The van der Waals surface area contributed by atoms with Crippen molar-refractivity contribution >= 4 is 41.6 Å². The Bertz CT molecular complexity index is 802. The number of hydrogen-bond donors (Lipinski definition) is 2. The fourth-order valence-electron chi connectivity index (χ4n) is 3.33. The Morgan fingerprint density at radius 2 is 1.88 bits per heavy atom. The van der Waals surface area contributed by atoms with Crippen molar-refractivity contribution in [2.75, 3.05) is 76.9 Å². The number of hydrogen-bond acceptors (Lipinski definition) is 7. The number of aromatic nitrogens is 2. The number of benzene rings is 1. The fourth-order valence-corrected chi connectivity index (χ4v) is 3.33. The molecular formula is C22H34IN7O2.